The fraction of sp³-hybridized carbons (Fsp3) is 0.143. The highest BCUT2D eigenvalue weighted by Gasteiger charge is 2.09. The molecule has 0 bridgehead atoms. The van der Waals surface area contributed by atoms with Crippen LogP contribution < -0.4 is 11.3 Å². The van der Waals surface area contributed by atoms with Crippen molar-refractivity contribution in [2.24, 2.45) is 0 Å². The van der Waals surface area contributed by atoms with Gasteiger partial charge in [-0.3, -0.25) is 4.79 Å². The van der Waals surface area contributed by atoms with E-state index in [1.807, 2.05) is 0 Å². The molecule has 0 fully saturated rings. The third kappa shape index (κ3) is 2.75. The molecule has 0 unspecified atom stereocenters. The van der Waals surface area contributed by atoms with Crippen molar-refractivity contribution in [1.82, 2.24) is 4.57 Å². The molecule has 3 N–H and O–H groups in total. The lowest BCUT2D eigenvalue weighted by Gasteiger charge is -2.10. The maximum absolute atomic E-state index is 12.1. The quantitative estimate of drug-likeness (QED) is 0.900. The molecule has 0 saturated carbocycles. The molecule has 0 atom stereocenters. The molecule has 1 aromatic heterocycles. The van der Waals surface area contributed by atoms with E-state index in [0.717, 1.165) is 5.56 Å². The maximum Gasteiger partial charge on any atom is 0.335 e. The van der Waals surface area contributed by atoms with Crippen LogP contribution in [0.3, 0.4) is 0 Å². The third-order valence-corrected chi connectivity index (χ3v) is 3.99. The van der Waals surface area contributed by atoms with E-state index in [2.05, 4.69) is 15.9 Å². The van der Waals surface area contributed by atoms with Gasteiger partial charge in [0.15, 0.2) is 0 Å². The molecule has 0 aliphatic carbocycles. The number of benzene rings is 1. The third-order valence-electron chi connectivity index (χ3n) is 3.06. The lowest BCUT2D eigenvalue weighted by Crippen LogP contribution is -2.22. The highest BCUT2D eigenvalue weighted by atomic mass is 79.9. The SMILES string of the molecule is Cc1c(N)cn(Cc2ccc(C(=O)O)cc2)c(=O)c1Br. The minimum Gasteiger partial charge on any atom is -0.478 e. The zero-order valence-electron chi connectivity index (χ0n) is 10.8. The Hall–Kier alpha value is -2.08. The molecule has 5 nitrogen and oxygen atoms in total. The fourth-order valence-electron chi connectivity index (χ4n) is 1.80. The van der Waals surface area contributed by atoms with Gasteiger partial charge in [-0.05, 0) is 46.1 Å². The Kier molecular flexibility index (Phi) is 3.94. The standard InChI is InChI=1S/C14H13BrN2O3/c1-8-11(16)7-17(13(18)12(8)15)6-9-2-4-10(5-3-9)14(19)20/h2-5,7H,6,16H2,1H3,(H,19,20). The van der Waals surface area contributed by atoms with Gasteiger partial charge in [-0.25, -0.2) is 4.79 Å². The number of carboxylic acid groups (broad SMARTS) is 1. The van der Waals surface area contributed by atoms with Gasteiger partial charge in [0.2, 0.25) is 0 Å². The van der Waals surface area contributed by atoms with Crippen molar-refractivity contribution in [2.45, 2.75) is 13.5 Å². The van der Waals surface area contributed by atoms with Gasteiger partial charge in [-0.1, -0.05) is 12.1 Å². The molecule has 1 heterocycles. The molecule has 0 amide bonds. The second-order valence-electron chi connectivity index (χ2n) is 4.46. The van der Waals surface area contributed by atoms with Crippen LogP contribution in [0.2, 0.25) is 0 Å². The number of nitrogen functional groups attached to an aromatic ring is 1. The van der Waals surface area contributed by atoms with Gasteiger partial charge in [0.25, 0.3) is 5.56 Å². The van der Waals surface area contributed by atoms with Gasteiger partial charge in [0.1, 0.15) is 0 Å². The molecule has 1 aromatic carbocycles. The molecule has 6 heteroatoms. The fourth-order valence-corrected chi connectivity index (χ4v) is 2.26. The van der Waals surface area contributed by atoms with Crippen LogP contribution in [0.1, 0.15) is 21.5 Å². The maximum atomic E-state index is 12.1. The predicted octanol–water partition coefficient (Wildman–Crippen LogP) is 2.25. The smallest absolute Gasteiger partial charge is 0.335 e. The van der Waals surface area contributed by atoms with Crippen molar-refractivity contribution in [3.63, 3.8) is 0 Å². The van der Waals surface area contributed by atoms with Crippen LogP contribution in [0.25, 0.3) is 0 Å². The monoisotopic (exact) mass is 336 g/mol. The second-order valence-corrected chi connectivity index (χ2v) is 5.25. The van der Waals surface area contributed by atoms with Crippen molar-refractivity contribution in [1.29, 1.82) is 0 Å². The molecular formula is C14H13BrN2O3. The second kappa shape index (κ2) is 5.50. The number of rotatable bonds is 3. The van der Waals surface area contributed by atoms with Crippen molar-refractivity contribution in [3.8, 4) is 0 Å². The number of anilines is 1. The van der Waals surface area contributed by atoms with E-state index in [-0.39, 0.29) is 11.1 Å². The number of aromatic nitrogens is 1. The van der Waals surface area contributed by atoms with E-state index < -0.39 is 5.97 Å². The number of pyridine rings is 1. The number of halogens is 1. The van der Waals surface area contributed by atoms with Gasteiger partial charge < -0.3 is 15.4 Å². The van der Waals surface area contributed by atoms with Crippen LogP contribution in [0, 0.1) is 6.92 Å². The van der Waals surface area contributed by atoms with E-state index in [0.29, 0.717) is 22.3 Å². The summed E-state index contributed by atoms with van der Waals surface area (Å²) in [5, 5.41) is 8.83. The highest BCUT2D eigenvalue weighted by Crippen LogP contribution is 2.17. The first-order chi connectivity index (χ1) is 9.40. The molecule has 2 aromatic rings. The zero-order valence-corrected chi connectivity index (χ0v) is 12.3. The summed E-state index contributed by atoms with van der Waals surface area (Å²) in [5.74, 6) is -0.976. The van der Waals surface area contributed by atoms with Gasteiger partial charge in [-0.2, -0.15) is 0 Å². The number of carboxylic acids is 1. The summed E-state index contributed by atoms with van der Waals surface area (Å²) >= 11 is 3.23. The molecule has 104 valence electrons. The van der Waals surface area contributed by atoms with Crippen LogP contribution in [0.4, 0.5) is 5.69 Å². The Labute approximate surface area is 123 Å². The van der Waals surface area contributed by atoms with Crippen molar-refractivity contribution in [3.05, 3.63) is 62.0 Å². The average Bonchev–Trinajstić information content (AvgIpc) is 2.43. The number of hydrogen-bond acceptors (Lipinski definition) is 3. The minimum absolute atomic E-state index is 0.168. The summed E-state index contributed by atoms with van der Waals surface area (Å²) in [4.78, 5) is 22.9. The zero-order chi connectivity index (χ0) is 14.9. The highest BCUT2D eigenvalue weighted by molar-refractivity contribution is 9.10. The van der Waals surface area contributed by atoms with Gasteiger partial charge in [0, 0.05) is 6.20 Å². The van der Waals surface area contributed by atoms with Crippen LogP contribution in [-0.2, 0) is 6.54 Å². The summed E-state index contributed by atoms with van der Waals surface area (Å²) in [6.07, 6.45) is 1.59. The van der Waals surface area contributed by atoms with E-state index in [1.54, 1.807) is 25.3 Å². The topological polar surface area (TPSA) is 85.3 Å². The summed E-state index contributed by atoms with van der Waals surface area (Å²) < 4.78 is 1.93. The predicted molar refractivity (Wildman–Crippen MR) is 80.1 cm³/mol. The van der Waals surface area contributed by atoms with Crippen molar-refractivity contribution < 1.29 is 9.90 Å². The summed E-state index contributed by atoms with van der Waals surface area (Å²) in [6, 6.07) is 6.38. The molecule has 0 saturated heterocycles. The molecular weight excluding hydrogens is 324 g/mol. The first-order valence-corrected chi connectivity index (χ1v) is 6.66. The number of carbonyl (C=O) groups is 1. The lowest BCUT2D eigenvalue weighted by atomic mass is 10.1. The molecule has 0 aliphatic heterocycles. The van der Waals surface area contributed by atoms with Crippen molar-refractivity contribution >= 4 is 27.6 Å². The van der Waals surface area contributed by atoms with E-state index in [9.17, 15) is 9.59 Å². The minimum atomic E-state index is -0.976. The van der Waals surface area contributed by atoms with Gasteiger partial charge >= 0.3 is 5.97 Å². The van der Waals surface area contributed by atoms with E-state index in [4.69, 9.17) is 10.8 Å². The molecule has 0 spiro atoms. The van der Waals surface area contributed by atoms with Gasteiger partial charge in [-0.15, -0.1) is 0 Å². The molecule has 0 radical (unpaired) electrons. The number of aromatic carboxylic acids is 1. The molecule has 0 aliphatic rings. The molecule has 20 heavy (non-hydrogen) atoms. The van der Waals surface area contributed by atoms with Gasteiger partial charge in [0.05, 0.1) is 22.3 Å². The summed E-state index contributed by atoms with van der Waals surface area (Å²) in [7, 11) is 0. The normalized spacial score (nSPS) is 10.5. The molecule has 2 rings (SSSR count). The Morgan fingerprint density at radius 1 is 1.35 bits per heavy atom. The van der Waals surface area contributed by atoms with Crippen molar-refractivity contribution in [2.75, 3.05) is 5.73 Å². The Balaban J connectivity index is 2.35. The Bertz CT molecular complexity index is 720. The summed E-state index contributed by atoms with van der Waals surface area (Å²) in [5.41, 5.74) is 7.95. The first kappa shape index (κ1) is 14.3. The number of nitrogens with zero attached hydrogens (tertiary/aromatic N) is 1. The van der Waals surface area contributed by atoms with E-state index in [1.165, 1.54) is 16.7 Å². The first-order valence-electron chi connectivity index (χ1n) is 5.87. The summed E-state index contributed by atoms with van der Waals surface area (Å²) in [6.45, 7) is 2.11. The Morgan fingerprint density at radius 2 is 1.95 bits per heavy atom. The van der Waals surface area contributed by atoms with E-state index >= 15 is 0 Å². The largest absolute Gasteiger partial charge is 0.478 e. The van der Waals surface area contributed by atoms with Crippen LogP contribution in [0.15, 0.2) is 39.7 Å². The van der Waals surface area contributed by atoms with Crippen LogP contribution in [0.5, 0.6) is 0 Å². The average molecular weight is 337 g/mol. The van der Waals surface area contributed by atoms with Crippen LogP contribution >= 0.6 is 15.9 Å². The lowest BCUT2D eigenvalue weighted by molar-refractivity contribution is 0.0697. The Morgan fingerprint density at radius 3 is 2.50 bits per heavy atom. The van der Waals surface area contributed by atoms with Crippen LogP contribution in [-0.4, -0.2) is 15.6 Å². The number of hydrogen-bond donors (Lipinski definition) is 2. The number of nitrogens with two attached hydrogens (primary N) is 1.